The predicted octanol–water partition coefficient (Wildman–Crippen LogP) is 2.42. The second-order valence-electron chi connectivity index (χ2n) is 5.74. The first-order valence-electron chi connectivity index (χ1n) is 7.25. The number of hydrogen-bond acceptors (Lipinski definition) is 2. The summed E-state index contributed by atoms with van der Waals surface area (Å²) in [6.07, 6.45) is 7.90. The van der Waals surface area contributed by atoms with Crippen LogP contribution in [-0.4, -0.2) is 53.5 Å². The number of aliphatic carboxylic acids is 1. The fourth-order valence-electron chi connectivity index (χ4n) is 2.29. The number of aliphatic hydroxyl groups excluding tert-OH is 1. The van der Waals surface area contributed by atoms with Crippen LogP contribution in [0.25, 0.3) is 0 Å². The van der Waals surface area contributed by atoms with Crippen LogP contribution in [-0.2, 0) is 4.79 Å². The minimum absolute atomic E-state index is 0.308. The molecule has 4 nitrogen and oxygen atoms in total. The van der Waals surface area contributed by atoms with Crippen molar-refractivity contribution in [3.8, 4) is 0 Å². The van der Waals surface area contributed by atoms with Crippen LogP contribution in [0.2, 0.25) is 0 Å². The Morgan fingerprint density at radius 3 is 2.37 bits per heavy atom. The number of aliphatic hydroxyl groups is 1. The van der Waals surface area contributed by atoms with Crippen LogP contribution in [0, 0.1) is 0 Å². The minimum Gasteiger partial charge on any atom is -0.477 e. The van der Waals surface area contributed by atoms with Crippen molar-refractivity contribution < 1.29 is 19.5 Å². The molecule has 4 heteroatoms. The SMILES string of the molecule is CCCC/C=C/C(O)C[N+](C)(C)C(CCC)C(=O)O. The van der Waals surface area contributed by atoms with Crippen molar-refractivity contribution >= 4 is 5.97 Å². The van der Waals surface area contributed by atoms with Crippen molar-refractivity contribution in [2.24, 2.45) is 0 Å². The topological polar surface area (TPSA) is 57.5 Å². The molecular formula is C15H30NO3+. The Morgan fingerprint density at radius 1 is 1.26 bits per heavy atom. The summed E-state index contributed by atoms with van der Waals surface area (Å²) < 4.78 is 0.308. The molecule has 0 aliphatic carbocycles. The van der Waals surface area contributed by atoms with Crippen LogP contribution in [0.4, 0.5) is 0 Å². The highest BCUT2D eigenvalue weighted by Crippen LogP contribution is 2.14. The summed E-state index contributed by atoms with van der Waals surface area (Å²) in [6.45, 7) is 4.54. The number of allylic oxidation sites excluding steroid dienone is 1. The molecular weight excluding hydrogens is 242 g/mol. The Labute approximate surface area is 117 Å². The minimum atomic E-state index is -0.783. The third-order valence-electron chi connectivity index (χ3n) is 3.43. The zero-order chi connectivity index (χ0) is 14.9. The van der Waals surface area contributed by atoms with E-state index in [1.165, 1.54) is 0 Å². The second kappa shape index (κ2) is 9.10. The van der Waals surface area contributed by atoms with Gasteiger partial charge < -0.3 is 14.7 Å². The third kappa shape index (κ3) is 7.33. The number of carboxylic acids is 1. The lowest BCUT2D eigenvalue weighted by Gasteiger charge is -2.36. The lowest BCUT2D eigenvalue weighted by atomic mass is 10.1. The highest BCUT2D eigenvalue weighted by Gasteiger charge is 2.35. The molecule has 0 rings (SSSR count). The largest absolute Gasteiger partial charge is 0.477 e. The maximum absolute atomic E-state index is 11.3. The second-order valence-corrected chi connectivity index (χ2v) is 5.74. The van der Waals surface area contributed by atoms with Gasteiger partial charge in [-0.1, -0.05) is 38.8 Å². The molecule has 0 saturated carbocycles. The van der Waals surface area contributed by atoms with E-state index in [9.17, 15) is 15.0 Å². The number of rotatable bonds is 10. The van der Waals surface area contributed by atoms with Gasteiger partial charge in [-0.15, -0.1) is 0 Å². The van der Waals surface area contributed by atoms with Gasteiger partial charge in [-0.05, 0) is 12.8 Å². The average Bonchev–Trinajstić information content (AvgIpc) is 2.30. The Bertz CT molecular complexity index is 287. The van der Waals surface area contributed by atoms with Gasteiger partial charge in [0, 0.05) is 6.42 Å². The van der Waals surface area contributed by atoms with E-state index in [4.69, 9.17) is 0 Å². The van der Waals surface area contributed by atoms with E-state index in [1.54, 1.807) is 6.08 Å². The molecule has 19 heavy (non-hydrogen) atoms. The van der Waals surface area contributed by atoms with Crippen LogP contribution in [0.5, 0.6) is 0 Å². The quantitative estimate of drug-likeness (QED) is 0.365. The number of unbranched alkanes of at least 4 members (excludes halogenated alkanes) is 2. The van der Waals surface area contributed by atoms with Gasteiger partial charge in [-0.3, -0.25) is 0 Å². The molecule has 0 fully saturated rings. The van der Waals surface area contributed by atoms with E-state index in [0.717, 1.165) is 25.7 Å². The highest BCUT2D eigenvalue weighted by atomic mass is 16.4. The first-order chi connectivity index (χ1) is 8.85. The standard InChI is InChI=1S/C15H29NO3/c1-5-7-8-9-11-13(17)12-16(3,4)14(10-6-2)15(18)19/h9,11,13-14,17H,5-8,10,12H2,1-4H3/p+1/b11-9+. The van der Waals surface area contributed by atoms with E-state index in [-0.39, 0.29) is 0 Å². The maximum Gasteiger partial charge on any atom is 0.362 e. The van der Waals surface area contributed by atoms with Gasteiger partial charge in [0.25, 0.3) is 0 Å². The number of carboxylic acid groups (broad SMARTS) is 1. The maximum atomic E-state index is 11.3. The lowest BCUT2D eigenvalue weighted by molar-refractivity contribution is -0.909. The van der Waals surface area contributed by atoms with Crippen molar-refractivity contribution in [2.75, 3.05) is 20.6 Å². The van der Waals surface area contributed by atoms with Crippen molar-refractivity contribution in [3.05, 3.63) is 12.2 Å². The summed E-state index contributed by atoms with van der Waals surface area (Å²) in [5.41, 5.74) is 0. The molecule has 2 N–H and O–H groups in total. The summed E-state index contributed by atoms with van der Waals surface area (Å²) in [5, 5.41) is 19.3. The summed E-state index contributed by atoms with van der Waals surface area (Å²) in [7, 11) is 3.75. The number of likely N-dealkylation sites (N-methyl/N-ethyl adjacent to an activating group) is 1. The molecule has 0 aliphatic rings. The van der Waals surface area contributed by atoms with Gasteiger partial charge in [-0.25, -0.2) is 4.79 Å². The van der Waals surface area contributed by atoms with E-state index in [2.05, 4.69) is 6.92 Å². The third-order valence-corrected chi connectivity index (χ3v) is 3.43. The normalized spacial score (nSPS) is 15.6. The first-order valence-corrected chi connectivity index (χ1v) is 7.25. The van der Waals surface area contributed by atoms with Gasteiger partial charge in [0.15, 0.2) is 6.04 Å². The van der Waals surface area contributed by atoms with Crippen molar-refractivity contribution in [1.82, 2.24) is 0 Å². The summed E-state index contributed by atoms with van der Waals surface area (Å²) >= 11 is 0. The Hall–Kier alpha value is -0.870. The van der Waals surface area contributed by atoms with Crippen LogP contribution in [0.15, 0.2) is 12.2 Å². The zero-order valence-corrected chi connectivity index (χ0v) is 12.8. The number of hydrogen-bond donors (Lipinski definition) is 2. The van der Waals surface area contributed by atoms with E-state index < -0.39 is 18.1 Å². The molecule has 0 heterocycles. The predicted molar refractivity (Wildman–Crippen MR) is 78.0 cm³/mol. The Balaban J connectivity index is 4.46. The van der Waals surface area contributed by atoms with Crippen LogP contribution in [0.1, 0.15) is 46.0 Å². The number of carbonyl (C=O) groups is 1. The van der Waals surface area contributed by atoms with Gasteiger partial charge in [0.1, 0.15) is 12.6 Å². The molecule has 2 unspecified atom stereocenters. The molecule has 0 bridgehead atoms. The first kappa shape index (κ1) is 18.1. The lowest BCUT2D eigenvalue weighted by Crippen LogP contribution is -2.55. The van der Waals surface area contributed by atoms with Crippen LogP contribution < -0.4 is 0 Å². The van der Waals surface area contributed by atoms with Gasteiger partial charge in [0.2, 0.25) is 0 Å². The molecule has 0 aromatic rings. The van der Waals surface area contributed by atoms with Gasteiger partial charge >= 0.3 is 5.97 Å². The van der Waals surface area contributed by atoms with Crippen molar-refractivity contribution in [3.63, 3.8) is 0 Å². The molecule has 0 saturated heterocycles. The van der Waals surface area contributed by atoms with E-state index in [0.29, 0.717) is 17.4 Å². The molecule has 2 atom stereocenters. The van der Waals surface area contributed by atoms with Crippen molar-refractivity contribution in [2.45, 2.75) is 58.1 Å². The van der Waals surface area contributed by atoms with Crippen LogP contribution in [0.3, 0.4) is 0 Å². The fourth-order valence-corrected chi connectivity index (χ4v) is 2.29. The summed E-state index contributed by atoms with van der Waals surface area (Å²) in [6, 6.07) is -0.455. The van der Waals surface area contributed by atoms with E-state index in [1.807, 2.05) is 27.1 Å². The Morgan fingerprint density at radius 2 is 1.89 bits per heavy atom. The molecule has 0 aliphatic heterocycles. The van der Waals surface area contributed by atoms with Gasteiger partial charge in [-0.2, -0.15) is 0 Å². The number of nitrogens with zero attached hydrogens (tertiary/aromatic N) is 1. The number of quaternary nitrogens is 1. The molecule has 0 aromatic carbocycles. The average molecular weight is 272 g/mol. The van der Waals surface area contributed by atoms with Gasteiger partial charge in [0.05, 0.1) is 14.1 Å². The van der Waals surface area contributed by atoms with Crippen molar-refractivity contribution in [1.29, 1.82) is 0 Å². The van der Waals surface area contributed by atoms with Crippen LogP contribution >= 0.6 is 0 Å². The van der Waals surface area contributed by atoms with E-state index >= 15 is 0 Å². The zero-order valence-electron chi connectivity index (χ0n) is 12.8. The molecule has 0 aromatic heterocycles. The highest BCUT2D eigenvalue weighted by molar-refractivity contribution is 5.72. The smallest absolute Gasteiger partial charge is 0.362 e. The molecule has 0 spiro atoms. The fraction of sp³-hybridized carbons (Fsp3) is 0.800. The molecule has 0 amide bonds. The Kier molecular flexibility index (Phi) is 8.68. The molecule has 0 radical (unpaired) electrons. The summed E-state index contributed by atoms with van der Waals surface area (Å²) in [5.74, 6) is -0.783. The monoisotopic (exact) mass is 272 g/mol. The molecule has 112 valence electrons. The summed E-state index contributed by atoms with van der Waals surface area (Å²) in [4.78, 5) is 11.3.